The van der Waals surface area contributed by atoms with Crippen LogP contribution >= 0.6 is 0 Å². The summed E-state index contributed by atoms with van der Waals surface area (Å²) >= 11 is 0. The third kappa shape index (κ3) is 1.59. The van der Waals surface area contributed by atoms with E-state index in [4.69, 9.17) is 10.8 Å². The van der Waals surface area contributed by atoms with Gasteiger partial charge in [-0.3, -0.25) is 19.3 Å². The maximum absolute atomic E-state index is 11.5. The first-order chi connectivity index (χ1) is 7.44. The molecule has 1 heterocycles. The summed E-state index contributed by atoms with van der Waals surface area (Å²) in [5.41, 5.74) is 4.42. The number of carboxylic acid groups (broad SMARTS) is 1. The molecular formula is C10H14N2O4. The number of amides is 2. The Morgan fingerprint density at radius 3 is 2.38 bits per heavy atom. The summed E-state index contributed by atoms with van der Waals surface area (Å²) in [4.78, 5) is 35.1. The Balaban J connectivity index is 2.12. The number of carboxylic acids is 1. The van der Waals surface area contributed by atoms with Crippen LogP contribution in [0.1, 0.15) is 32.1 Å². The van der Waals surface area contributed by atoms with E-state index in [0.29, 0.717) is 12.8 Å². The Hall–Kier alpha value is -1.43. The zero-order valence-electron chi connectivity index (χ0n) is 8.81. The van der Waals surface area contributed by atoms with E-state index in [1.807, 2.05) is 0 Å². The van der Waals surface area contributed by atoms with Crippen LogP contribution in [0.15, 0.2) is 0 Å². The van der Waals surface area contributed by atoms with Gasteiger partial charge in [-0.15, -0.1) is 0 Å². The first-order valence-electron chi connectivity index (χ1n) is 5.31. The van der Waals surface area contributed by atoms with Crippen molar-refractivity contribution in [3.8, 4) is 0 Å². The van der Waals surface area contributed by atoms with E-state index in [1.54, 1.807) is 0 Å². The predicted octanol–water partition coefficient (Wildman–Crippen LogP) is -0.530. The Labute approximate surface area is 92.4 Å². The Kier molecular flexibility index (Phi) is 2.46. The molecule has 1 aliphatic heterocycles. The Morgan fingerprint density at radius 1 is 1.38 bits per heavy atom. The molecule has 2 amide bonds. The van der Waals surface area contributed by atoms with Crippen LogP contribution in [-0.4, -0.2) is 39.4 Å². The van der Waals surface area contributed by atoms with Crippen LogP contribution < -0.4 is 5.73 Å². The molecule has 0 aromatic heterocycles. The molecule has 2 unspecified atom stereocenters. The fourth-order valence-corrected chi connectivity index (χ4v) is 2.46. The molecular weight excluding hydrogens is 212 g/mol. The third-order valence-electron chi connectivity index (χ3n) is 3.40. The van der Waals surface area contributed by atoms with Crippen molar-refractivity contribution in [2.45, 2.75) is 43.7 Å². The molecule has 88 valence electrons. The normalized spacial score (nSPS) is 34.8. The SMILES string of the molecule is NC1(C(=O)O)CCC(N2C(=O)CCC2=O)C1. The van der Waals surface area contributed by atoms with Crippen molar-refractivity contribution in [2.24, 2.45) is 5.73 Å². The Bertz CT molecular complexity index is 352. The lowest BCUT2D eigenvalue weighted by Crippen LogP contribution is -2.48. The quantitative estimate of drug-likeness (QED) is 0.616. The lowest BCUT2D eigenvalue weighted by molar-refractivity contribution is -0.145. The molecule has 16 heavy (non-hydrogen) atoms. The molecule has 2 rings (SSSR count). The van der Waals surface area contributed by atoms with Gasteiger partial charge < -0.3 is 10.8 Å². The molecule has 2 atom stereocenters. The molecule has 2 fully saturated rings. The fraction of sp³-hybridized carbons (Fsp3) is 0.700. The minimum Gasteiger partial charge on any atom is -0.480 e. The van der Waals surface area contributed by atoms with Crippen molar-refractivity contribution >= 4 is 17.8 Å². The number of rotatable bonds is 2. The zero-order valence-corrected chi connectivity index (χ0v) is 8.81. The van der Waals surface area contributed by atoms with E-state index in [1.165, 1.54) is 4.90 Å². The highest BCUT2D eigenvalue weighted by Gasteiger charge is 2.47. The predicted molar refractivity (Wildman–Crippen MR) is 53.3 cm³/mol. The van der Waals surface area contributed by atoms with Crippen molar-refractivity contribution in [3.63, 3.8) is 0 Å². The first-order valence-corrected chi connectivity index (χ1v) is 5.31. The Morgan fingerprint density at radius 2 is 1.94 bits per heavy atom. The number of hydrogen-bond acceptors (Lipinski definition) is 4. The molecule has 6 nitrogen and oxygen atoms in total. The van der Waals surface area contributed by atoms with Gasteiger partial charge in [-0.1, -0.05) is 0 Å². The molecule has 6 heteroatoms. The van der Waals surface area contributed by atoms with Gasteiger partial charge >= 0.3 is 5.97 Å². The topological polar surface area (TPSA) is 101 Å². The minimum absolute atomic E-state index is 0.166. The van der Waals surface area contributed by atoms with Crippen LogP contribution in [0.4, 0.5) is 0 Å². The van der Waals surface area contributed by atoms with Gasteiger partial charge in [0.2, 0.25) is 11.8 Å². The highest BCUT2D eigenvalue weighted by molar-refractivity contribution is 6.02. The molecule has 0 radical (unpaired) electrons. The van der Waals surface area contributed by atoms with Gasteiger partial charge in [0, 0.05) is 18.9 Å². The molecule has 0 aromatic rings. The molecule has 1 aliphatic carbocycles. The summed E-state index contributed by atoms with van der Waals surface area (Å²) in [6.07, 6.45) is 1.43. The van der Waals surface area contributed by atoms with E-state index in [9.17, 15) is 14.4 Å². The number of nitrogens with zero attached hydrogens (tertiary/aromatic N) is 1. The highest BCUT2D eigenvalue weighted by Crippen LogP contribution is 2.33. The van der Waals surface area contributed by atoms with Gasteiger partial charge in [0.15, 0.2) is 0 Å². The number of nitrogens with two attached hydrogens (primary N) is 1. The molecule has 0 bridgehead atoms. The minimum atomic E-state index is -1.28. The van der Waals surface area contributed by atoms with Crippen molar-refractivity contribution in [1.82, 2.24) is 4.90 Å². The first kappa shape index (κ1) is 11.1. The lowest BCUT2D eigenvalue weighted by atomic mass is 9.99. The van der Waals surface area contributed by atoms with Crippen LogP contribution in [0.5, 0.6) is 0 Å². The molecule has 1 saturated carbocycles. The second-order valence-corrected chi connectivity index (χ2v) is 4.52. The summed E-state index contributed by atoms with van der Waals surface area (Å²) in [6, 6.07) is -0.330. The van der Waals surface area contributed by atoms with E-state index >= 15 is 0 Å². The van der Waals surface area contributed by atoms with Crippen molar-refractivity contribution < 1.29 is 19.5 Å². The van der Waals surface area contributed by atoms with Crippen molar-refractivity contribution in [1.29, 1.82) is 0 Å². The van der Waals surface area contributed by atoms with Crippen LogP contribution in [0.25, 0.3) is 0 Å². The average Bonchev–Trinajstić information content (AvgIpc) is 2.72. The van der Waals surface area contributed by atoms with E-state index in [-0.39, 0.29) is 37.1 Å². The summed E-state index contributed by atoms with van der Waals surface area (Å²) in [7, 11) is 0. The zero-order chi connectivity index (χ0) is 11.9. The summed E-state index contributed by atoms with van der Waals surface area (Å²) in [5.74, 6) is -1.47. The standard InChI is InChI=1S/C10H14N2O4/c11-10(9(15)16)4-3-6(5-10)12-7(13)1-2-8(12)14/h6H,1-5,11H2,(H,15,16). The number of aliphatic carboxylic acids is 1. The number of carbonyl (C=O) groups excluding carboxylic acids is 2. The van der Waals surface area contributed by atoms with Crippen molar-refractivity contribution in [2.75, 3.05) is 0 Å². The van der Waals surface area contributed by atoms with Crippen LogP contribution in [0, 0.1) is 0 Å². The van der Waals surface area contributed by atoms with Crippen molar-refractivity contribution in [3.05, 3.63) is 0 Å². The summed E-state index contributed by atoms with van der Waals surface area (Å²) in [6.45, 7) is 0. The maximum atomic E-state index is 11.5. The van der Waals surface area contributed by atoms with E-state index < -0.39 is 11.5 Å². The lowest BCUT2D eigenvalue weighted by Gasteiger charge is -2.23. The van der Waals surface area contributed by atoms with Crippen LogP contribution in [-0.2, 0) is 14.4 Å². The molecule has 3 N–H and O–H groups in total. The monoisotopic (exact) mass is 226 g/mol. The molecule has 1 saturated heterocycles. The number of carbonyl (C=O) groups is 3. The van der Waals surface area contributed by atoms with Gasteiger partial charge in [-0.2, -0.15) is 0 Å². The van der Waals surface area contributed by atoms with Crippen LogP contribution in [0.2, 0.25) is 0 Å². The maximum Gasteiger partial charge on any atom is 0.323 e. The fourth-order valence-electron chi connectivity index (χ4n) is 2.46. The second kappa shape index (κ2) is 3.55. The van der Waals surface area contributed by atoms with E-state index in [2.05, 4.69) is 0 Å². The smallest absolute Gasteiger partial charge is 0.323 e. The van der Waals surface area contributed by atoms with Gasteiger partial charge in [-0.25, -0.2) is 0 Å². The van der Waals surface area contributed by atoms with E-state index in [0.717, 1.165) is 0 Å². The largest absolute Gasteiger partial charge is 0.480 e. The van der Waals surface area contributed by atoms with Gasteiger partial charge in [0.25, 0.3) is 0 Å². The molecule has 0 spiro atoms. The van der Waals surface area contributed by atoms with Crippen LogP contribution in [0.3, 0.4) is 0 Å². The highest BCUT2D eigenvalue weighted by atomic mass is 16.4. The summed E-state index contributed by atoms with van der Waals surface area (Å²) < 4.78 is 0. The number of likely N-dealkylation sites (tertiary alicyclic amines) is 1. The summed E-state index contributed by atoms with van der Waals surface area (Å²) in [5, 5.41) is 8.95. The van der Waals surface area contributed by atoms with Gasteiger partial charge in [0.1, 0.15) is 5.54 Å². The molecule has 0 aromatic carbocycles. The number of imide groups is 1. The number of hydrogen-bond donors (Lipinski definition) is 2. The molecule has 2 aliphatic rings. The second-order valence-electron chi connectivity index (χ2n) is 4.52. The van der Waals surface area contributed by atoms with Gasteiger partial charge in [-0.05, 0) is 19.3 Å². The average molecular weight is 226 g/mol. The third-order valence-corrected chi connectivity index (χ3v) is 3.40. The van der Waals surface area contributed by atoms with Gasteiger partial charge in [0.05, 0.1) is 0 Å².